The standard InChI is InChI=1S/C49H32N2/c1-3-12-32(13-4-1)33-15-11-18-39(29-33)51-47-27-24-35(31-44(47)42-25-22-37-28-36-14-7-8-19-40(36)48(37)49(42)51)34-23-26-46-43(30-34)41-20-9-10-21-45(41)50(46)38-16-5-2-6-17-38/h1-27,29-31H,28H2. The van der Waals surface area contributed by atoms with E-state index in [9.17, 15) is 0 Å². The molecule has 0 saturated heterocycles. The summed E-state index contributed by atoms with van der Waals surface area (Å²) >= 11 is 0. The molecule has 0 atom stereocenters. The van der Waals surface area contributed by atoms with Crippen LogP contribution < -0.4 is 0 Å². The van der Waals surface area contributed by atoms with Crippen molar-refractivity contribution < 1.29 is 0 Å². The summed E-state index contributed by atoms with van der Waals surface area (Å²) in [6.45, 7) is 0. The van der Waals surface area contributed by atoms with E-state index in [0.717, 1.165) is 6.42 Å². The van der Waals surface area contributed by atoms with Crippen molar-refractivity contribution in [1.82, 2.24) is 9.13 Å². The Morgan fingerprint density at radius 2 is 0.941 bits per heavy atom. The molecule has 0 spiro atoms. The molecule has 0 unspecified atom stereocenters. The molecule has 2 heteroatoms. The minimum atomic E-state index is 0.967. The zero-order valence-electron chi connectivity index (χ0n) is 27.9. The average Bonchev–Trinajstić information content (AvgIpc) is 3.85. The summed E-state index contributed by atoms with van der Waals surface area (Å²) in [5.41, 5.74) is 17.7. The number of rotatable bonds is 4. The number of aromatic nitrogens is 2. The molecule has 8 aromatic carbocycles. The van der Waals surface area contributed by atoms with Gasteiger partial charge in [-0.1, -0.05) is 127 Å². The summed E-state index contributed by atoms with van der Waals surface area (Å²) in [4.78, 5) is 0. The highest BCUT2D eigenvalue weighted by atomic mass is 15.0. The Kier molecular flexibility index (Phi) is 6.05. The molecule has 0 saturated carbocycles. The van der Waals surface area contributed by atoms with E-state index >= 15 is 0 Å². The number of para-hydroxylation sites is 2. The van der Waals surface area contributed by atoms with Crippen molar-refractivity contribution in [1.29, 1.82) is 0 Å². The normalized spacial score (nSPS) is 12.2. The van der Waals surface area contributed by atoms with Crippen LogP contribution in [0.4, 0.5) is 0 Å². The number of hydrogen-bond acceptors (Lipinski definition) is 0. The molecule has 0 fully saturated rings. The first-order valence-electron chi connectivity index (χ1n) is 17.7. The fraction of sp³-hybridized carbons (Fsp3) is 0.0204. The van der Waals surface area contributed by atoms with Crippen molar-refractivity contribution in [2.45, 2.75) is 6.42 Å². The van der Waals surface area contributed by atoms with Gasteiger partial charge in [-0.15, -0.1) is 0 Å². The maximum absolute atomic E-state index is 2.51. The predicted octanol–water partition coefficient (Wildman–Crippen LogP) is 12.8. The molecular weight excluding hydrogens is 617 g/mol. The summed E-state index contributed by atoms with van der Waals surface area (Å²) in [6.07, 6.45) is 0.967. The van der Waals surface area contributed by atoms with Gasteiger partial charge < -0.3 is 9.13 Å². The molecule has 0 amide bonds. The van der Waals surface area contributed by atoms with Gasteiger partial charge in [0.15, 0.2) is 0 Å². The first kappa shape index (κ1) is 28.2. The molecular formula is C49H32N2. The molecule has 10 aromatic rings. The van der Waals surface area contributed by atoms with Gasteiger partial charge in [0.05, 0.1) is 22.1 Å². The van der Waals surface area contributed by atoms with Crippen LogP contribution in [0.1, 0.15) is 11.1 Å². The van der Waals surface area contributed by atoms with E-state index in [1.807, 2.05) is 0 Å². The molecule has 0 aliphatic heterocycles. The molecule has 1 aliphatic carbocycles. The third-order valence-electron chi connectivity index (χ3n) is 10.9. The van der Waals surface area contributed by atoms with Gasteiger partial charge in [0.25, 0.3) is 0 Å². The van der Waals surface area contributed by atoms with Gasteiger partial charge in [-0.25, -0.2) is 0 Å². The smallest absolute Gasteiger partial charge is 0.0622 e. The van der Waals surface area contributed by atoms with Gasteiger partial charge >= 0.3 is 0 Å². The largest absolute Gasteiger partial charge is 0.309 e. The van der Waals surface area contributed by atoms with Crippen LogP contribution in [0.2, 0.25) is 0 Å². The SMILES string of the molecule is c1ccc(-c2cccc(-n3c4ccc(-c5ccc6c(c5)c5ccccc5n6-c5ccccc5)cc4c4ccc5c(c43)-c3ccccc3C5)c2)cc1. The Morgan fingerprint density at radius 3 is 1.76 bits per heavy atom. The van der Waals surface area contributed by atoms with Gasteiger partial charge in [0, 0.05) is 38.5 Å². The maximum atomic E-state index is 2.51. The summed E-state index contributed by atoms with van der Waals surface area (Å²) in [7, 11) is 0. The van der Waals surface area contributed by atoms with Gasteiger partial charge in [0.1, 0.15) is 0 Å². The third kappa shape index (κ3) is 4.23. The Bertz CT molecular complexity index is 2980. The minimum absolute atomic E-state index is 0.967. The summed E-state index contributed by atoms with van der Waals surface area (Å²) in [5.74, 6) is 0. The Balaban J connectivity index is 1.16. The monoisotopic (exact) mass is 648 g/mol. The lowest BCUT2D eigenvalue weighted by Crippen LogP contribution is -1.96. The van der Waals surface area contributed by atoms with E-state index in [1.54, 1.807) is 0 Å². The highest BCUT2D eigenvalue weighted by Crippen LogP contribution is 2.46. The highest BCUT2D eigenvalue weighted by Gasteiger charge is 2.25. The van der Waals surface area contributed by atoms with Crippen LogP contribution in [0.3, 0.4) is 0 Å². The van der Waals surface area contributed by atoms with Crippen LogP contribution in [-0.2, 0) is 6.42 Å². The molecule has 1 aliphatic rings. The van der Waals surface area contributed by atoms with Gasteiger partial charge in [0.2, 0.25) is 0 Å². The van der Waals surface area contributed by atoms with Crippen LogP contribution in [0.15, 0.2) is 182 Å². The van der Waals surface area contributed by atoms with E-state index < -0.39 is 0 Å². The summed E-state index contributed by atoms with van der Waals surface area (Å²) < 4.78 is 4.89. The van der Waals surface area contributed by atoms with Crippen molar-refractivity contribution in [2.24, 2.45) is 0 Å². The summed E-state index contributed by atoms with van der Waals surface area (Å²) in [6, 6.07) is 66.9. The van der Waals surface area contributed by atoms with Crippen molar-refractivity contribution in [3.63, 3.8) is 0 Å². The predicted molar refractivity (Wildman–Crippen MR) is 214 cm³/mol. The second-order valence-electron chi connectivity index (χ2n) is 13.7. The second-order valence-corrected chi connectivity index (χ2v) is 13.7. The van der Waals surface area contributed by atoms with Crippen molar-refractivity contribution in [3.05, 3.63) is 193 Å². The summed E-state index contributed by atoms with van der Waals surface area (Å²) in [5, 5.41) is 5.09. The molecule has 11 rings (SSSR count). The van der Waals surface area contributed by atoms with Crippen LogP contribution in [0.25, 0.3) is 88.4 Å². The number of nitrogens with zero attached hydrogens (tertiary/aromatic N) is 2. The number of fused-ring (bicyclic) bond motifs is 10. The molecule has 2 nitrogen and oxygen atoms in total. The quantitative estimate of drug-likeness (QED) is 0.180. The number of benzene rings is 8. The van der Waals surface area contributed by atoms with Crippen LogP contribution in [-0.4, -0.2) is 9.13 Å². The van der Waals surface area contributed by atoms with Gasteiger partial charge in [-0.2, -0.15) is 0 Å². The lowest BCUT2D eigenvalue weighted by Gasteiger charge is -2.13. The third-order valence-corrected chi connectivity index (χ3v) is 10.9. The minimum Gasteiger partial charge on any atom is -0.309 e. The van der Waals surface area contributed by atoms with Crippen molar-refractivity contribution in [3.8, 4) is 44.8 Å². The van der Waals surface area contributed by atoms with Crippen molar-refractivity contribution in [2.75, 3.05) is 0 Å². The van der Waals surface area contributed by atoms with Gasteiger partial charge in [-0.05, 0) is 100.0 Å². The average molecular weight is 649 g/mol. The fourth-order valence-corrected chi connectivity index (χ4v) is 8.63. The number of hydrogen-bond donors (Lipinski definition) is 0. The molecule has 238 valence electrons. The van der Waals surface area contributed by atoms with E-state index in [0.29, 0.717) is 0 Å². The topological polar surface area (TPSA) is 9.86 Å². The molecule has 2 aromatic heterocycles. The van der Waals surface area contributed by atoms with E-state index in [1.165, 1.54) is 99.5 Å². The highest BCUT2D eigenvalue weighted by molar-refractivity contribution is 6.16. The van der Waals surface area contributed by atoms with E-state index in [4.69, 9.17) is 0 Å². The lowest BCUT2D eigenvalue weighted by atomic mass is 9.99. The molecule has 2 heterocycles. The first-order valence-corrected chi connectivity index (χ1v) is 17.7. The second kappa shape index (κ2) is 10.9. The first-order chi connectivity index (χ1) is 25.3. The maximum Gasteiger partial charge on any atom is 0.0622 e. The van der Waals surface area contributed by atoms with E-state index in [2.05, 4.69) is 191 Å². The van der Waals surface area contributed by atoms with Crippen molar-refractivity contribution >= 4 is 43.6 Å². The molecule has 51 heavy (non-hydrogen) atoms. The molecule has 0 bridgehead atoms. The van der Waals surface area contributed by atoms with E-state index in [-0.39, 0.29) is 0 Å². The van der Waals surface area contributed by atoms with Gasteiger partial charge in [-0.3, -0.25) is 0 Å². The van der Waals surface area contributed by atoms with Crippen LogP contribution in [0.5, 0.6) is 0 Å². The zero-order chi connectivity index (χ0) is 33.5. The fourth-order valence-electron chi connectivity index (χ4n) is 8.63. The zero-order valence-corrected chi connectivity index (χ0v) is 27.9. The Hall–Kier alpha value is -6.64. The molecule has 0 radical (unpaired) electrons. The Morgan fingerprint density at radius 1 is 0.333 bits per heavy atom. The molecule has 0 N–H and O–H groups in total. The van der Waals surface area contributed by atoms with Crippen LogP contribution in [0, 0.1) is 0 Å². The Labute approximate surface area is 296 Å². The lowest BCUT2D eigenvalue weighted by molar-refractivity contribution is 1.18. The van der Waals surface area contributed by atoms with Crippen LogP contribution >= 0.6 is 0 Å².